The number of rotatable bonds is 5. The Morgan fingerprint density at radius 3 is 2.62 bits per heavy atom. The van der Waals surface area contributed by atoms with Crippen LogP contribution in [0.2, 0.25) is 0 Å². The van der Waals surface area contributed by atoms with E-state index in [1.807, 2.05) is 0 Å². The van der Waals surface area contributed by atoms with Crippen molar-refractivity contribution in [1.29, 1.82) is 0 Å². The molecule has 0 bridgehead atoms. The highest BCUT2D eigenvalue weighted by Crippen LogP contribution is 2.13. The zero-order valence-corrected chi connectivity index (χ0v) is 8.70. The van der Waals surface area contributed by atoms with E-state index in [2.05, 4.69) is 23.6 Å². The lowest BCUT2D eigenvalue weighted by Gasteiger charge is -2.24. The molecule has 0 aromatic rings. The molecule has 1 heterocycles. The average molecular weight is 184 g/mol. The summed E-state index contributed by atoms with van der Waals surface area (Å²) in [4.78, 5) is 15.3. The highest BCUT2D eigenvalue weighted by atomic mass is 16.1. The fourth-order valence-corrected chi connectivity index (χ4v) is 1.81. The Morgan fingerprint density at radius 1 is 1.46 bits per heavy atom. The van der Waals surface area contributed by atoms with Gasteiger partial charge in [0.15, 0.2) is 0 Å². The topological polar surface area (TPSA) is 23.6 Å². The van der Waals surface area contributed by atoms with Gasteiger partial charge >= 0.3 is 0 Å². The molecule has 0 aromatic heterocycles. The molecule has 13 heavy (non-hydrogen) atoms. The van der Waals surface area contributed by atoms with E-state index >= 15 is 0 Å². The van der Waals surface area contributed by atoms with Crippen molar-refractivity contribution in [3.63, 3.8) is 0 Å². The smallest absolute Gasteiger partial charge is 0.124 e. The molecule has 1 fully saturated rings. The van der Waals surface area contributed by atoms with Crippen molar-refractivity contribution in [2.45, 2.75) is 20.3 Å². The summed E-state index contributed by atoms with van der Waals surface area (Å²) in [6, 6.07) is 0. The lowest BCUT2D eigenvalue weighted by molar-refractivity contribution is -0.110. The molecule has 3 nitrogen and oxygen atoms in total. The predicted molar refractivity (Wildman–Crippen MR) is 53.5 cm³/mol. The van der Waals surface area contributed by atoms with Gasteiger partial charge in [0.05, 0.1) is 6.67 Å². The van der Waals surface area contributed by atoms with Gasteiger partial charge in [-0.3, -0.25) is 9.80 Å². The first-order valence-electron chi connectivity index (χ1n) is 5.20. The fraction of sp³-hybridized carbons (Fsp3) is 0.900. The van der Waals surface area contributed by atoms with Gasteiger partial charge in [-0.1, -0.05) is 13.8 Å². The summed E-state index contributed by atoms with van der Waals surface area (Å²) in [7, 11) is 0. The minimum Gasteiger partial charge on any atom is -0.303 e. The molecule has 0 spiro atoms. The molecule has 76 valence electrons. The van der Waals surface area contributed by atoms with E-state index in [1.165, 1.54) is 0 Å². The first kappa shape index (κ1) is 10.7. The molecule has 1 rings (SSSR count). The summed E-state index contributed by atoms with van der Waals surface area (Å²) in [5, 5.41) is 0. The Morgan fingerprint density at radius 2 is 2.15 bits per heavy atom. The molecule has 0 aliphatic carbocycles. The maximum atomic E-state index is 10.5. The van der Waals surface area contributed by atoms with Crippen molar-refractivity contribution in [2.75, 3.05) is 32.8 Å². The highest BCUT2D eigenvalue weighted by molar-refractivity contribution is 5.54. The molecular formula is C10H20N2O. The van der Waals surface area contributed by atoms with Crippen molar-refractivity contribution in [3.8, 4) is 0 Å². The van der Waals surface area contributed by atoms with Gasteiger partial charge in [0.25, 0.3) is 0 Å². The van der Waals surface area contributed by atoms with Gasteiger partial charge in [-0.15, -0.1) is 0 Å². The minimum absolute atomic E-state index is 0.288. The van der Waals surface area contributed by atoms with Gasteiger partial charge in [0, 0.05) is 19.0 Å². The van der Waals surface area contributed by atoms with Crippen LogP contribution in [0.3, 0.4) is 0 Å². The fourth-order valence-electron chi connectivity index (χ4n) is 1.81. The number of nitrogens with zero attached hydrogens (tertiary/aromatic N) is 2. The Bertz CT molecular complexity index is 157. The SMILES string of the molecule is CCN(CC)CN1CCC(C=O)C1. The van der Waals surface area contributed by atoms with Crippen molar-refractivity contribution in [3.05, 3.63) is 0 Å². The van der Waals surface area contributed by atoms with Crippen molar-refractivity contribution in [1.82, 2.24) is 9.80 Å². The number of carbonyl (C=O) groups is 1. The zero-order chi connectivity index (χ0) is 9.68. The molecule has 1 saturated heterocycles. The van der Waals surface area contributed by atoms with E-state index in [-0.39, 0.29) is 5.92 Å². The van der Waals surface area contributed by atoms with Crippen LogP contribution in [-0.2, 0) is 4.79 Å². The molecule has 0 radical (unpaired) electrons. The van der Waals surface area contributed by atoms with E-state index in [4.69, 9.17) is 0 Å². The molecule has 1 aliphatic rings. The number of hydrogen-bond donors (Lipinski definition) is 0. The van der Waals surface area contributed by atoms with Crippen LogP contribution >= 0.6 is 0 Å². The van der Waals surface area contributed by atoms with Gasteiger partial charge in [0.1, 0.15) is 6.29 Å². The summed E-state index contributed by atoms with van der Waals surface area (Å²) < 4.78 is 0. The van der Waals surface area contributed by atoms with Crippen LogP contribution in [0, 0.1) is 5.92 Å². The number of carbonyl (C=O) groups excluding carboxylic acids is 1. The Hall–Kier alpha value is -0.410. The van der Waals surface area contributed by atoms with Gasteiger partial charge < -0.3 is 4.79 Å². The molecule has 0 saturated carbocycles. The Kier molecular flexibility index (Phi) is 4.39. The van der Waals surface area contributed by atoms with E-state index in [0.717, 1.165) is 45.6 Å². The van der Waals surface area contributed by atoms with E-state index in [0.29, 0.717) is 0 Å². The largest absolute Gasteiger partial charge is 0.303 e. The lowest BCUT2D eigenvalue weighted by Crippen LogP contribution is -2.36. The zero-order valence-electron chi connectivity index (χ0n) is 8.70. The molecule has 1 aliphatic heterocycles. The van der Waals surface area contributed by atoms with Crippen LogP contribution in [0.1, 0.15) is 20.3 Å². The second kappa shape index (κ2) is 5.35. The predicted octanol–water partition coefficient (Wildman–Crippen LogP) is 0.806. The van der Waals surface area contributed by atoms with Crippen molar-refractivity contribution < 1.29 is 4.79 Å². The van der Waals surface area contributed by atoms with E-state index in [1.54, 1.807) is 0 Å². The first-order valence-corrected chi connectivity index (χ1v) is 5.20. The van der Waals surface area contributed by atoms with Crippen molar-refractivity contribution >= 4 is 6.29 Å². The summed E-state index contributed by atoms with van der Waals surface area (Å²) in [5.41, 5.74) is 0. The molecule has 3 heteroatoms. The Balaban J connectivity index is 2.26. The molecule has 1 unspecified atom stereocenters. The number of hydrogen-bond acceptors (Lipinski definition) is 3. The third kappa shape index (κ3) is 3.08. The highest BCUT2D eigenvalue weighted by Gasteiger charge is 2.22. The first-order chi connectivity index (χ1) is 6.30. The third-order valence-electron chi connectivity index (χ3n) is 2.80. The lowest BCUT2D eigenvalue weighted by atomic mass is 10.1. The molecular weight excluding hydrogens is 164 g/mol. The van der Waals surface area contributed by atoms with Crippen LogP contribution in [0.4, 0.5) is 0 Å². The van der Waals surface area contributed by atoms with Crippen LogP contribution in [0.5, 0.6) is 0 Å². The maximum Gasteiger partial charge on any atom is 0.124 e. The van der Waals surface area contributed by atoms with Crippen LogP contribution < -0.4 is 0 Å². The van der Waals surface area contributed by atoms with Crippen LogP contribution in [0.25, 0.3) is 0 Å². The van der Waals surface area contributed by atoms with Crippen LogP contribution in [0.15, 0.2) is 0 Å². The third-order valence-corrected chi connectivity index (χ3v) is 2.80. The van der Waals surface area contributed by atoms with Gasteiger partial charge in [-0.25, -0.2) is 0 Å². The summed E-state index contributed by atoms with van der Waals surface area (Å²) in [5.74, 6) is 0.288. The summed E-state index contributed by atoms with van der Waals surface area (Å²) in [6.45, 7) is 9.61. The summed E-state index contributed by atoms with van der Waals surface area (Å²) in [6.07, 6.45) is 2.15. The van der Waals surface area contributed by atoms with E-state index < -0.39 is 0 Å². The summed E-state index contributed by atoms with van der Waals surface area (Å²) >= 11 is 0. The van der Waals surface area contributed by atoms with Crippen molar-refractivity contribution in [2.24, 2.45) is 5.92 Å². The van der Waals surface area contributed by atoms with Gasteiger partial charge in [0.2, 0.25) is 0 Å². The van der Waals surface area contributed by atoms with Gasteiger partial charge in [-0.05, 0) is 19.5 Å². The van der Waals surface area contributed by atoms with E-state index in [9.17, 15) is 4.79 Å². The normalized spacial score (nSPS) is 24.1. The Labute approximate surface area is 80.7 Å². The monoisotopic (exact) mass is 184 g/mol. The average Bonchev–Trinajstić information content (AvgIpc) is 2.61. The van der Waals surface area contributed by atoms with Gasteiger partial charge in [-0.2, -0.15) is 0 Å². The number of aldehydes is 1. The quantitative estimate of drug-likeness (QED) is 0.591. The molecule has 0 aromatic carbocycles. The second-order valence-corrected chi connectivity index (χ2v) is 3.71. The molecule has 1 atom stereocenters. The number of likely N-dealkylation sites (tertiary alicyclic amines) is 1. The second-order valence-electron chi connectivity index (χ2n) is 3.71. The standard InChI is InChI=1S/C10H20N2O/c1-3-11(4-2)9-12-6-5-10(7-12)8-13/h8,10H,3-7,9H2,1-2H3. The van der Waals surface area contributed by atoms with Crippen LogP contribution in [-0.4, -0.2) is 48.9 Å². The minimum atomic E-state index is 0.288. The molecule has 0 amide bonds. The maximum absolute atomic E-state index is 10.5. The molecule has 0 N–H and O–H groups in total.